The average Bonchev–Trinajstić information content (AvgIpc) is 3.05. The van der Waals surface area contributed by atoms with Crippen LogP contribution in [0.4, 0.5) is 13.2 Å². The number of carboxylic acid groups (broad SMARTS) is 1. The van der Waals surface area contributed by atoms with Gasteiger partial charge in [0.1, 0.15) is 11.8 Å². The minimum Gasteiger partial charge on any atom is -0.480 e. The maximum atomic E-state index is 12.6. The van der Waals surface area contributed by atoms with Crippen LogP contribution < -0.4 is 4.74 Å². The predicted molar refractivity (Wildman–Crippen MR) is 80.8 cm³/mol. The number of ether oxygens (including phenoxy) is 1. The maximum absolute atomic E-state index is 12.6. The van der Waals surface area contributed by atoms with Crippen LogP contribution in [-0.2, 0) is 16.0 Å². The topological polar surface area (TPSA) is 66.8 Å². The predicted octanol–water partition coefficient (Wildman–Crippen LogP) is 2.84. The standard InChI is InChI=1S/C17H18F3NO4/c18-17(19,20)25-12-5-1-3-10(7-12)8-14(22)21-9-11-4-2-6-13(11)15(21)16(23)24/h1,3,5,7,11,13,15H,2,4,6,8-9H2,(H,23,24). The number of fused-ring (bicyclic) bond motifs is 1. The summed E-state index contributed by atoms with van der Waals surface area (Å²) in [5.41, 5.74) is 0.355. The zero-order valence-electron chi connectivity index (χ0n) is 13.3. The molecule has 2 fully saturated rings. The molecular formula is C17H18F3NO4. The summed E-state index contributed by atoms with van der Waals surface area (Å²) in [7, 11) is 0. The van der Waals surface area contributed by atoms with Crippen molar-refractivity contribution in [3.05, 3.63) is 29.8 Å². The van der Waals surface area contributed by atoms with Gasteiger partial charge >= 0.3 is 12.3 Å². The zero-order valence-corrected chi connectivity index (χ0v) is 13.3. The highest BCUT2D eigenvalue weighted by Crippen LogP contribution is 2.42. The van der Waals surface area contributed by atoms with Crippen molar-refractivity contribution in [3.8, 4) is 5.75 Å². The number of alkyl halides is 3. The van der Waals surface area contributed by atoms with Crippen molar-refractivity contribution in [2.24, 2.45) is 11.8 Å². The molecule has 5 nitrogen and oxygen atoms in total. The number of amides is 1. The van der Waals surface area contributed by atoms with Crippen LogP contribution >= 0.6 is 0 Å². The van der Waals surface area contributed by atoms with E-state index in [2.05, 4.69) is 4.74 Å². The molecule has 1 amide bonds. The Hall–Kier alpha value is -2.25. The quantitative estimate of drug-likeness (QED) is 0.900. The molecule has 2 aliphatic rings. The van der Waals surface area contributed by atoms with Crippen LogP contribution in [0.1, 0.15) is 24.8 Å². The third kappa shape index (κ3) is 3.88. The molecule has 0 spiro atoms. The molecule has 1 saturated heterocycles. The van der Waals surface area contributed by atoms with Crippen molar-refractivity contribution < 1.29 is 32.6 Å². The third-order valence-corrected chi connectivity index (χ3v) is 4.95. The summed E-state index contributed by atoms with van der Waals surface area (Å²) < 4.78 is 40.7. The van der Waals surface area contributed by atoms with Crippen molar-refractivity contribution in [3.63, 3.8) is 0 Å². The van der Waals surface area contributed by atoms with Gasteiger partial charge in [0.05, 0.1) is 6.42 Å². The lowest BCUT2D eigenvalue weighted by Crippen LogP contribution is -2.43. The highest BCUT2D eigenvalue weighted by atomic mass is 19.4. The third-order valence-electron chi connectivity index (χ3n) is 4.95. The number of nitrogens with zero attached hydrogens (tertiary/aromatic N) is 1. The highest BCUT2D eigenvalue weighted by molar-refractivity contribution is 5.86. The van der Waals surface area contributed by atoms with Gasteiger partial charge < -0.3 is 14.7 Å². The molecule has 3 rings (SSSR count). The molecule has 1 saturated carbocycles. The fourth-order valence-corrected chi connectivity index (χ4v) is 4.01. The highest BCUT2D eigenvalue weighted by Gasteiger charge is 2.49. The van der Waals surface area contributed by atoms with Crippen molar-refractivity contribution in [2.45, 2.75) is 38.1 Å². The molecule has 1 aromatic carbocycles. The van der Waals surface area contributed by atoms with Crippen molar-refractivity contribution >= 4 is 11.9 Å². The van der Waals surface area contributed by atoms with Crippen LogP contribution in [0.3, 0.4) is 0 Å². The fraction of sp³-hybridized carbons (Fsp3) is 0.529. The summed E-state index contributed by atoms with van der Waals surface area (Å²) >= 11 is 0. The van der Waals surface area contributed by atoms with Gasteiger partial charge in [-0.15, -0.1) is 13.2 Å². The summed E-state index contributed by atoms with van der Waals surface area (Å²) in [6, 6.07) is 4.36. The van der Waals surface area contributed by atoms with E-state index in [9.17, 15) is 27.9 Å². The van der Waals surface area contributed by atoms with Crippen LogP contribution in [0.5, 0.6) is 5.75 Å². The van der Waals surface area contributed by atoms with E-state index in [0.717, 1.165) is 31.4 Å². The number of hydrogen-bond donors (Lipinski definition) is 1. The Balaban J connectivity index is 1.72. The van der Waals surface area contributed by atoms with E-state index in [4.69, 9.17) is 0 Å². The second-order valence-electron chi connectivity index (χ2n) is 6.56. The Kier molecular flexibility index (Phi) is 4.62. The number of carboxylic acids is 1. The minimum atomic E-state index is -4.80. The van der Waals surface area contributed by atoms with Gasteiger partial charge in [-0.05, 0) is 42.4 Å². The number of likely N-dealkylation sites (tertiary alicyclic amines) is 1. The molecular weight excluding hydrogens is 339 g/mol. The molecule has 8 heteroatoms. The Morgan fingerprint density at radius 2 is 2.04 bits per heavy atom. The number of halogens is 3. The van der Waals surface area contributed by atoms with Crippen LogP contribution in [0.25, 0.3) is 0 Å². The number of rotatable bonds is 4. The molecule has 1 aliphatic carbocycles. The first-order valence-corrected chi connectivity index (χ1v) is 8.11. The first kappa shape index (κ1) is 17.6. The number of hydrogen-bond acceptors (Lipinski definition) is 3. The van der Waals surface area contributed by atoms with Gasteiger partial charge in [-0.1, -0.05) is 18.6 Å². The van der Waals surface area contributed by atoms with Gasteiger partial charge in [0.25, 0.3) is 0 Å². The van der Waals surface area contributed by atoms with E-state index in [1.807, 2.05) is 0 Å². The van der Waals surface area contributed by atoms with Gasteiger partial charge in [0, 0.05) is 6.54 Å². The lowest BCUT2D eigenvalue weighted by Gasteiger charge is -2.24. The molecule has 3 unspecified atom stereocenters. The van der Waals surface area contributed by atoms with Gasteiger partial charge in [-0.2, -0.15) is 0 Å². The molecule has 3 atom stereocenters. The van der Waals surface area contributed by atoms with E-state index in [-0.39, 0.29) is 24.2 Å². The molecule has 0 aromatic heterocycles. The number of aliphatic carboxylic acids is 1. The van der Waals surface area contributed by atoms with Gasteiger partial charge in [0.2, 0.25) is 5.91 Å². The second kappa shape index (κ2) is 6.57. The van der Waals surface area contributed by atoms with Crippen LogP contribution in [0.2, 0.25) is 0 Å². The summed E-state index contributed by atoms with van der Waals surface area (Å²) in [5, 5.41) is 9.48. The number of carbonyl (C=O) groups is 2. The van der Waals surface area contributed by atoms with Crippen LogP contribution in [0.15, 0.2) is 24.3 Å². The van der Waals surface area contributed by atoms with E-state index in [1.165, 1.54) is 17.0 Å². The fourth-order valence-electron chi connectivity index (χ4n) is 4.01. The molecule has 1 aliphatic heterocycles. The summed E-state index contributed by atoms with van der Waals surface area (Å²) in [4.78, 5) is 25.5. The monoisotopic (exact) mass is 357 g/mol. The second-order valence-corrected chi connectivity index (χ2v) is 6.56. The first-order chi connectivity index (χ1) is 11.7. The zero-order chi connectivity index (χ0) is 18.2. The number of carbonyl (C=O) groups excluding carboxylic acids is 1. The van der Waals surface area contributed by atoms with E-state index < -0.39 is 24.1 Å². The van der Waals surface area contributed by atoms with Gasteiger partial charge in [-0.3, -0.25) is 4.79 Å². The smallest absolute Gasteiger partial charge is 0.480 e. The lowest BCUT2D eigenvalue weighted by atomic mass is 9.94. The summed E-state index contributed by atoms with van der Waals surface area (Å²) in [5.74, 6) is -1.62. The molecule has 1 aromatic rings. The SMILES string of the molecule is O=C(O)C1C2CCCC2CN1C(=O)Cc1cccc(OC(F)(F)F)c1. The van der Waals surface area contributed by atoms with Crippen molar-refractivity contribution in [1.82, 2.24) is 4.90 Å². The molecule has 136 valence electrons. The average molecular weight is 357 g/mol. The Labute approximate surface area is 142 Å². The lowest BCUT2D eigenvalue weighted by molar-refractivity contribution is -0.274. The Morgan fingerprint density at radius 1 is 1.28 bits per heavy atom. The first-order valence-electron chi connectivity index (χ1n) is 8.11. The van der Waals surface area contributed by atoms with Gasteiger partial charge in [-0.25, -0.2) is 4.79 Å². The molecule has 1 heterocycles. The molecule has 1 N–H and O–H groups in total. The van der Waals surface area contributed by atoms with Crippen molar-refractivity contribution in [1.29, 1.82) is 0 Å². The van der Waals surface area contributed by atoms with Crippen LogP contribution in [0, 0.1) is 11.8 Å². The largest absolute Gasteiger partial charge is 0.573 e. The normalized spacial score (nSPS) is 25.7. The van der Waals surface area contributed by atoms with E-state index in [1.54, 1.807) is 0 Å². The molecule has 0 bridgehead atoms. The Bertz CT molecular complexity index is 676. The maximum Gasteiger partial charge on any atom is 0.573 e. The van der Waals surface area contributed by atoms with E-state index in [0.29, 0.717) is 12.1 Å². The minimum absolute atomic E-state index is 0.0265. The van der Waals surface area contributed by atoms with E-state index >= 15 is 0 Å². The summed E-state index contributed by atoms with van der Waals surface area (Å²) in [6.45, 7) is 0.402. The van der Waals surface area contributed by atoms with Crippen molar-refractivity contribution in [2.75, 3.05) is 6.54 Å². The summed E-state index contributed by atoms with van der Waals surface area (Å²) in [6.07, 6.45) is -2.28. The van der Waals surface area contributed by atoms with Gasteiger partial charge in [0.15, 0.2) is 0 Å². The molecule has 0 radical (unpaired) electrons. The number of benzene rings is 1. The Morgan fingerprint density at radius 3 is 2.72 bits per heavy atom. The molecule has 25 heavy (non-hydrogen) atoms. The van der Waals surface area contributed by atoms with Crippen LogP contribution in [-0.4, -0.2) is 40.8 Å².